The predicted octanol–water partition coefficient (Wildman–Crippen LogP) is 5.47. The fourth-order valence-electron chi connectivity index (χ4n) is 1.47. The van der Waals surface area contributed by atoms with Crippen molar-refractivity contribution in [1.29, 1.82) is 0 Å². The Hall–Kier alpha value is -1.01. The summed E-state index contributed by atoms with van der Waals surface area (Å²) in [6.45, 7) is 9.18. The molecule has 1 unspecified atom stereocenters. The Morgan fingerprint density at radius 1 is 1.28 bits per heavy atom. The minimum Gasteiger partial charge on any atom is -0.438 e. The van der Waals surface area contributed by atoms with E-state index in [1.807, 2.05) is 13.8 Å². The Bertz CT molecular complexity index is 644. The third-order valence-electron chi connectivity index (χ3n) is 2.83. The van der Waals surface area contributed by atoms with Gasteiger partial charge in [-0.15, -0.1) is 0 Å². The van der Waals surface area contributed by atoms with E-state index >= 15 is 0 Å². The summed E-state index contributed by atoms with van der Waals surface area (Å²) < 4.78 is 49.1. The summed E-state index contributed by atoms with van der Waals surface area (Å²) in [5, 5.41) is -0.362. The van der Waals surface area contributed by atoms with Crippen molar-refractivity contribution in [1.82, 2.24) is 0 Å². The van der Waals surface area contributed by atoms with Crippen LogP contribution in [0.3, 0.4) is 0 Å². The van der Waals surface area contributed by atoms with Crippen LogP contribution in [0.1, 0.15) is 45.7 Å². The van der Waals surface area contributed by atoms with Crippen LogP contribution in [0.2, 0.25) is 5.02 Å². The fourth-order valence-corrected chi connectivity index (χ4v) is 2.74. The van der Waals surface area contributed by atoms with E-state index in [4.69, 9.17) is 11.6 Å². The maximum absolute atomic E-state index is 14.2. The molecule has 0 heterocycles. The fraction of sp³-hybridized carbons (Fsp3) is 0.562. The molecular weight excluding hydrogens is 377 g/mol. The number of halogens is 3. The van der Waals surface area contributed by atoms with Gasteiger partial charge in [-0.1, -0.05) is 37.6 Å². The van der Waals surface area contributed by atoms with Gasteiger partial charge in [0.2, 0.25) is 6.79 Å². The van der Waals surface area contributed by atoms with Crippen molar-refractivity contribution < 1.29 is 32.3 Å². The van der Waals surface area contributed by atoms with Crippen LogP contribution in [0.25, 0.3) is 0 Å². The van der Waals surface area contributed by atoms with E-state index in [1.54, 1.807) is 6.92 Å². The standard InChI is InChI=1S/C14H18ClF2O5P.C2H6/c1-9-5-6-10(11(15)7-9)14(16,17)23(19,20)22-8-21-12(18)13(2,3)4;1-2/h5-7H,8H2,1-4H3,(H,19,20);1-2H3. The number of alkyl halides is 2. The van der Waals surface area contributed by atoms with Crippen LogP contribution in [0.4, 0.5) is 8.78 Å². The highest BCUT2D eigenvalue weighted by molar-refractivity contribution is 7.53. The van der Waals surface area contributed by atoms with Gasteiger partial charge in [-0.2, -0.15) is 8.78 Å². The number of carbonyl (C=O) groups is 1. The molecule has 0 saturated carbocycles. The average molecular weight is 401 g/mol. The van der Waals surface area contributed by atoms with Crippen molar-refractivity contribution in [3.8, 4) is 0 Å². The van der Waals surface area contributed by atoms with Crippen LogP contribution in [0, 0.1) is 12.3 Å². The van der Waals surface area contributed by atoms with E-state index in [-0.39, 0.29) is 5.02 Å². The monoisotopic (exact) mass is 400 g/mol. The summed E-state index contributed by atoms with van der Waals surface area (Å²) in [6.07, 6.45) is 0. The van der Waals surface area contributed by atoms with Crippen LogP contribution in [-0.4, -0.2) is 17.7 Å². The number of benzene rings is 1. The van der Waals surface area contributed by atoms with Gasteiger partial charge in [-0.3, -0.25) is 13.9 Å². The highest BCUT2D eigenvalue weighted by Gasteiger charge is 2.54. The van der Waals surface area contributed by atoms with E-state index < -0.39 is 37.0 Å². The van der Waals surface area contributed by atoms with E-state index in [9.17, 15) is 23.0 Å². The molecule has 0 aromatic heterocycles. The lowest BCUT2D eigenvalue weighted by atomic mass is 9.98. The van der Waals surface area contributed by atoms with Gasteiger partial charge in [-0.05, 0) is 39.3 Å². The second-order valence-corrected chi connectivity index (χ2v) is 8.24. The third kappa shape index (κ3) is 6.33. The average Bonchev–Trinajstić information content (AvgIpc) is 2.47. The number of ether oxygens (including phenoxy) is 1. The summed E-state index contributed by atoms with van der Waals surface area (Å²) in [5.74, 6) is -0.755. The Morgan fingerprint density at radius 2 is 1.80 bits per heavy atom. The topological polar surface area (TPSA) is 72.8 Å². The molecule has 1 aromatic carbocycles. The Labute approximate surface area is 151 Å². The van der Waals surface area contributed by atoms with Gasteiger partial charge < -0.3 is 9.63 Å². The Morgan fingerprint density at radius 3 is 2.24 bits per heavy atom. The summed E-state index contributed by atoms with van der Waals surface area (Å²) in [6, 6.07) is 3.52. The molecule has 0 bridgehead atoms. The molecule has 1 atom stereocenters. The van der Waals surface area contributed by atoms with Crippen molar-refractivity contribution in [3.63, 3.8) is 0 Å². The van der Waals surface area contributed by atoms with E-state index in [0.29, 0.717) is 5.56 Å². The van der Waals surface area contributed by atoms with Crippen molar-refractivity contribution in [2.75, 3.05) is 6.79 Å². The smallest absolute Gasteiger partial charge is 0.404 e. The van der Waals surface area contributed by atoms with Gasteiger partial charge in [0.15, 0.2) is 0 Å². The summed E-state index contributed by atoms with van der Waals surface area (Å²) in [4.78, 5) is 21.0. The van der Waals surface area contributed by atoms with Gasteiger partial charge >= 0.3 is 19.2 Å². The summed E-state index contributed by atoms with van der Waals surface area (Å²) >= 11 is 5.71. The molecule has 1 aromatic rings. The predicted molar refractivity (Wildman–Crippen MR) is 92.8 cm³/mol. The van der Waals surface area contributed by atoms with Gasteiger partial charge in [0.05, 0.1) is 16.0 Å². The van der Waals surface area contributed by atoms with Crippen molar-refractivity contribution in [3.05, 3.63) is 34.3 Å². The molecule has 0 aliphatic heterocycles. The van der Waals surface area contributed by atoms with Crippen LogP contribution >= 0.6 is 19.2 Å². The molecule has 0 saturated heterocycles. The largest absolute Gasteiger partial charge is 0.438 e. The zero-order valence-corrected chi connectivity index (χ0v) is 16.8. The lowest BCUT2D eigenvalue weighted by Crippen LogP contribution is -2.25. The molecule has 0 aliphatic carbocycles. The maximum Gasteiger partial charge on any atom is 0.404 e. The normalized spacial score (nSPS) is 14.2. The van der Waals surface area contributed by atoms with Crippen LogP contribution in [0.15, 0.2) is 18.2 Å². The van der Waals surface area contributed by atoms with Gasteiger partial charge in [0.25, 0.3) is 0 Å². The minimum atomic E-state index is -5.46. The molecule has 0 spiro atoms. The third-order valence-corrected chi connectivity index (χ3v) is 4.55. The molecule has 9 heteroatoms. The number of hydrogen-bond acceptors (Lipinski definition) is 4. The zero-order chi connectivity index (χ0) is 20.1. The number of aryl methyl sites for hydroxylation is 1. The quantitative estimate of drug-likeness (QED) is 0.403. The Balaban J connectivity index is 0.00000277. The van der Waals surface area contributed by atoms with Crippen LogP contribution in [0.5, 0.6) is 0 Å². The summed E-state index contributed by atoms with van der Waals surface area (Å²) in [5.41, 5.74) is -5.36. The van der Waals surface area contributed by atoms with Crippen LogP contribution in [-0.2, 0) is 24.3 Å². The molecular formula is C16H24ClF2O5P. The molecule has 0 aliphatic rings. The zero-order valence-electron chi connectivity index (χ0n) is 15.1. The second-order valence-electron chi connectivity index (χ2n) is 5.97. The van der Waals surface area contributed by atoms with Crippen molar-refractivity contribution in [2.45, 2.75) is 47.2 Å². The SMILES string of the molecule is CC.Cc1ccc(C(F)(F)P(=O)(O)OCOC(=O)C(C)(C)C)c(Cl)c1. The first-order valence-corrected chi connectivity index (χ1v) is 9.53. The number of esters is 1. The van der Waals surface area contributed by atoms with E-state index in [2.05, 4.69) is 9.26 Å². The molecule has 1 N–H and O–H groups in total. The highest BCUT2D eigenvalue weighted by Crippen LogP contribution is 2.64. The maximum atomic E-state index is 14.2. The summed E-state index contributed by atoms with van der Waals surface area (Å²) in [7, 11) is -5.46. The molecule has 1 rings (SSSR count). The van der Waals surface area contributed by atoms with Crippen LogP contribution < -0.4 is 0 Å². The van der Waals surface area contributed by atoms with Gasteiger partial charge in [0.1, 0.15) is 0 Å². The first kappa shape index (κ1) is 24.0. The molecule has 144 valence electrons. The lowest BCUT2D eigenvalue weighted by molar-refractivity contribution is -0.160. The number of rotatable bonds is 5. The van der Waals surface area contributed by atoms with Crippen molar-refractivity contribution in [2.24, 2.45) is 5.41 Å². The second kappa shape index (κ2) is 9.08. The first-order valence-electron chi connectivity index (χ1n) is 7.58. The van der Waals surface area contributed by atoms with E-state index in [1.165, 1.54) is 32.9 Å². The lowest BCUT2D eigenvalue weighted by Gasteiger charge is -2.24. The van der Waals surface area contributed by atoms with Gasteiger partial charge in [-0.25, -0.2) is 0 Å². The first-order chi connectivity index (χ1) is 11.3. The molecule has 0 radical (unpaired) electrons. The van der Waals surface area contributed by atoms with E-state index in [0.717, 1.165) is 6.07 Å². The molecule has 0 amide bonds. The number of carbonyl (C=O) groups excluding carboxylic acids is 1. The highest BCUT2D eigenvalue weighted by atomic mass is 35.5. The van der Waals surface area contributed by atoms with Crippen molar-refractivity contribution >= 4 is 25.2 Å². The molecule has 25 heavy (non-hydrogen) atoms. The van der Waals surface area contributed by atoms with Gasteiger partial charge in [0, 0.05) is 0 Å². The molecule has 5 nitrogen and oxygen atoms in total. The molecule has 0 fully saturated rings. The Kier molecular flexibility index (Phi) is 8.71. The number of hydrogen-bond donors (Lipinski definition) is 1. The minimum absolute atomic E-state index is 0.362.